The number of rotatable bonds is 7. The fourth-order valence-electron chi connectivity index (χ4n) is 3.30. The van der Waals surface area contributed by atoms with Crippen LogP contribution >= 0.6 is 11.3 Å². The summed E-state index contributed by atoms with van der Waals surface area (Å²) in [6, 6.07) is 8.20. The highest BCUT2D eigenvalue weighted by Crippen LogP contribution is 2.25. The normalized spacial score (nSPS) is 17.4. The zero-order valence-electron chi connectivity index (χ0n) is 15.4. The van der Waals surface area contributed by atoms with Crippen molar-refractivity contribution in [1.29, 1.82) is 0 Å². The van der Waals surface area contributed by atoms with E-state index in [0.717, 1.165) is 6.42 Å². The second-order valence-electron chi connectivity index (χ2n) is 6.77. The van der Waals surface area contributed by atoms with E-state index < -0.39 is 5.97 Å². The Morgan fingerprint density at radius 1 is 1.41 bits per heavy atom. The number of nitrogens with one attached hydrogen (secondary N) is 1. The van der Waals surface area contributed by atoms with Crippen molar-refractivity contribution in [3.05, 3.63) is 35.2 Å². The van der Waals surface area contributed by atoms with Gasteiger partial charge in [0.05, 0.1) is 19.3 Å². The summed E-state index contributed by atoms with van der Waals surface area (Å²) in [5.41, 5.74) is 1.26. The third-order valence-electron chi connectivity index (χ3n) is 4.58. The van der Waals surface area contributed by atoms with Crippen LogP contribution in [0.1, 0.15) is 5.56 Å². The van der Waals surface area contributed by atoms with Gasteiger partial charge in [-0.05, 0) is 35.9 Å². The molecule has 1 aliphatic heterocycles. The average Bonchev–Trinajstić information content (AvgIpc) is 3.04. The first-order chi connectivity index (χ1) is 13.0. The number of thiophene rings is 1. The zero-order valence-corrected chi connectivity index (χ0v) is 16.2. The minimum absolute atomic E-state index is 0.0410. The van der Waals surface area contributed by atoms with Crippen molar-refractivity contribution in [2.45, 2.75) is 12.5 Å². The molecule has 1 atom stereocenters. The van der Waals surface area contributed by atoms with Crippen molar-refractivity contribution in [2.75, 3.05) is 46.4 Å². The first kappa shape index (κ1) is 19.6. The SMILES string of the molecule is CN(CC(=O)O)CC1CN(C(=O)NCCc2csc3ccccc23)CCO1. The lowest BCUT2D eigenvalue weighted by Gasteiger charge is -2.34. The minimum atomic E-state index is -0.871. The lowest BCUT2D eigenvalue weighted by molar-refractivity contribution is -0.138. The maximum atomic E-state index is 12.5. The molecule has 0 bridgehead atoms. The number of carbonyl (C=O) groups is 2. The highest BCUT2D eigenvalue weighted by molar-refractivity contribution is 7.17. The number of benzene rings is 1. The molecule has 8 heteroatoms. The number of nitrogens with zero attached hydrogens (tertiary/aromatic N) is 2. The summed E-state index contributed by atoms with van der Waals surface area (Å²) in [5.74, 6) is -0.871. The van der Waals surface area contributed by atoms with E-state index in [1.807, 2.05) is 12.1 Å². The number of carboxylic acid groups (broad SMARTS) is 1. The van der Waals surface area contributed by atoms with Gasteiger partial charge in [0.1, 0.15) is 0 Å². The molecular weight excluding hydrogens is 366 g/mol. The number of morpholine rings is 1. The predicted octanol–water partition coefficient (Wildman–Crippen LogP) is 1.87. The van der Waals surface area contributed by atoms with Crippen molar-refractivity contribution in [2.24, 2.45) is 0 Å². The van der Waals surface area contributed by atoms with Crippen LogP contribution in [0.15, 0.2) is 29.6 Å². The lowest BCUT2D eigenvalue weighted by atomic mass is 10.1. The van der Waals surface area contributed by atoms with E-state index in [2.05, 4.69) is 22.8 Å². The third kappa shape index (κ3) is 5.41. The Morgan fingerprint density at radius 3 is 3.04 bits per heavy atom. The van der Waals surface area contributed by atoms with E-state index in [1.165, 1.54) is 15.6 Å². The van der Waals surface area contributed by atoms with Gasteiger partial charge < -0.3 is 20.1 Å². The molecule has 3 rings (SSSR count). The van der Waals surface area contributed by atoms with Crippen molar-refractivity contribution in [1.82, 2.24) is 15.1 Å². The molecule has 27 heavy (non-hydrogen) atoms. The quantitative estimate of drug-likeness (QED) is 0.753. The van der Waals surface area contributed by atoms with E-state index in [4.69, 9.17) is 9.84 Å². The van der Waals surface area contributed by atoms with Gasteiger partial charge in [0.15, 0.2) is 0 Å². The fourth-order valence-corrected chi connectivity index (χ4v) is 4.30. The van der Waals surface area contributed by atoms with Gasteiger partial charge in [-0.3, -0.25) is 9.69 Å². The van der Waals surface area contributed by atoms with Crippen molar-refractivity contribution >= 4 is 33.4 Å². The summed E-state index contributed by atoms with van der Waals surface area (Å²) in [6.07, 6.45) is 0.625. The number of carboxylic acids is 1. The monoisotopic (exact) mass is 391 g/mol. The predicted molar refractivity (Wildman–Crippen MR) is 105 cm³/mol. The molecular formula is C19H25N3O4S. The second-order valence-corrected chi connectivity index (χ2v) is 7.68. The molecule has 1 unspecified atom stereocenters. The Balaban J connectivity index is 1.45. The van der Waals surface area contributed by atoms with Gasteiger partial charge in [-0.1, -0.05) is 18.2 Å². The summed E-state index contributed by atoms with van der Waals surface area (Å²) in [6.45, 7) is 2.51. The maximum Gasteiger partial charge on any atom is 0.317 e. The Hall–Kier alpha value is -2.16. The molecule has 1 fully saturated rings. The third-order valence-corrected chi connectivity index (χ3v) is 5.59. The summed E-state index contributed by atoms with van der Waals surface area (Å²) in [5, 5.41) is 15.2. The van der Waals surface area contributed by atoms with Gasteiger partial charge in [-0.2, -0.15) is 0 Å². The molecule has 146 valence electrons. The molecule has 2 N–H and O–H groups in total. The van der Waals surface area contributed by atoms with E-state index in [-0.39, 0.29) is 18.7 Å². The standard InChI is InChI=1S/C19H25N3O4S/c1-21(12-18(23)24)10-15-11-22(8-9-26-15)19(25)20-7-6-14-13-27-17-5-3-2-4-16(14)17/h2-5,13,15H,6-12H2,1H3,(H,20,25)(H,23,24). The first-order valence-electron chi connectivity index (χ1n) is 9.02. The number of fused-ring (bicyclic) bond motifs is 1. The van der Waals surface area contributed by atoms with E-state index in [0.29, 0.717) is 32.8 Å². The van der Waals surface area contributed by atoms with Crippen molar-refractivity contribution < 1.29 is 19.4 Å². The second kappa shape index (κ2) is 9.16. The minimum Gasteiger partial charge on any atom is -0.480 e. The van der Waals surface area contributed by atoms with Crippen LogP contribution in [0.2, 0.25) is 0 Å². The molecule has 1 aromatic heterocycles. The van der Waals surface area contributed by atoms with Gasteiger partial charge in [0.25, 0.3) is 0 Å². The summed E-state index contributed by atoms with van der Waals surface area (Å²) < 4.78 is 6.93. The average molecular weight is 391 g/mol. The summed E-state index contributed by atoms with van der Waals surface area (Å²) >= 11 is 1.72. The Bertz CT molecular complexity index is 794. The number of urea groups is 1. The molecule has 1 aliphatic rings. The van der Waals surface area contributed by atoms with Crippen LogP contribution < -0.4 is 5.32 Å². The molecule has 0 aliphatic carbocycles. The number of aliphatic carboxylic acids is 1. The number of hydrogen-bond donors (Lipinski definition) is 2. The Labute approximate surface area is 162 Å². The Kier molecular flexibility index (Phi) is 6.65. The first-order valence-corrected chi connectivity index (χ1v) is 9.90. The molecule has 2 amide bonds. The van der Waals surface area contributed by atoms with Crippen LogP contribution in [-0.2, 0) is 16.0 Å². The van der Waals surface area contributed by atoms with Crippen molar-refractivity contribution in [3.63, 3.8) is 0 Å². The molecule has 2 heterocycles. The van der Waals surface area contributed by atoms with Crippen LogP contribution in [-0.4, -0.2) is 79.4 Å². The molecule has 1 saturated heterocycles. The lowest BCUT2D eigenvalue weighted by Crippen LogP contribution is -2.52. The molecule has 2 aromatic rings. The van der Waals surface area contributed by atoms with Gasteiger partial charge in [0.2, 0.25) is 0 Å². The zero-order chi connectivity index (χ0) is 19.2. The highest BCUT2D eigenvalue weighted by atomic mass is 32.1. The smallest absolute Gasteiger partial charge is 0.317 e. The van der Waals surface area contributed by atoms with E-state index in [9.17, 15) is 9.59 Å². The Morgan fingerprint density at radius 2 is 2.22 bits per heavy atom. The summed E-state index contributed by atoms with van der Waals surface area (Å²) in [4.78, 5) is 26.7. The van der Waals surface area contributed by atoms with E-state index in [1.54, 1.807) is 28.2 Å². The largest absolute Gasteiger partial charge is 0.480 e. The molecule has 0 radical (unpaired) electrons. The van der Waals surface area contributed by atoms with Crippen LogP contribution in [0.3, 0.4) is 0 Å². The van der Waals surface area contributed by atoms with Crippen LogP contribution in [0.4, 0.5) is 4.79 Å². The molecule has 7 nitrogen and oxygen atoms in total. The number of amides is 2. The van der Waals surface area contributed by atoms with E-state index >= 15 is 0 Å². The summed E-state index contributed by atoms with van der Waals surface area (Å²) in [7, 11) is 1.74. The van der Waals surface area contributed by atoms with Crippen molar-refractivity contribution in [3.8, 4) is 0 Å². The van der Waals surface area contributed by atoms with Crippen LogP contribution in [0, 0.1) is 0 Å². The van der Waals surface area contributed by atoms with Gasteiger partial charge >= 0.3 is 12.0 Å². The van der Waals surface area contributed by atoms with Gasteiger partial charge in [-0.25, -0.2) is 4.79 Å². The van der Waals surface area contributed by atoms with Gasteiger partial charge in [0, 0.05) is 30.9 Å². The maximum absolute atomic E-state index is 12.5. The highest BCUT2D eigenvalue weighted by Gasteiger charge is 2.25. The topological polar surface area (TPSA) is 82.1 Å². The number of carbonyl (C=O) groups excluding carboxylic acids is 1. The van der Waals surface area contributed by atoms with Crippen LogP contribution in [0.5, 0.6) is 0 Å². The molecule has 0 spiro atoms. The molecule has 1 aromatic carbocycles. The van der Waals surface area contributed by atoms with Crippen LogP contribution in [0.25, 0.3) is 10.1 Å². The number of likely N-dealkylation sites (N-methyl/N-ethyl adjacent to an activating group) is 1. The fraction of sp³-hybridized carbons (Fsp3) is 0.474. The molecule has 0 saturated carbocycles. The number of ether oxygens (including phenoxy) is 1. The van der Waals surface area contributed by atoms with Gasteiger partial charge in [-0.15, -0.1) is 11.3 Å². The number of hydrogen-bond acceptors (Lipinski definition) is 5.